The van der Waals surface area contributed by atoms with E-state index in [-0.39, 0.29) is 107 Å². The van der Waals surface area contributed by atoms with Crippen molar-refractivity contribution in [3.05, 3.63) is 36.0 Å². The summed E-state index contributed by atoms with van der Waals surface area (Å²) in [6, 6.07) is 0. The quantitative estimate of drug-likeness (QED) is 0.145. The van der Waals surface area contributed by atoms with Gasteiger partial charge in [-0.15, -0.1) is 0 Å². The first-order valence-corrected chi connectivity index (χ1v) is 12.9. The first-order chi connectivity index (χ1) is 17.9. The normalized spacial score (nSPS) is 30.0. The number of allylic oxidation sites excluding steroid dienone is 2. The Morgan fingerprint density at radius 3 is 2.46 bits per heavy atom. The van der Waals surface area contributed by atoms with Crippen molar-refractivity contribution in [2.75, 3.05) is 13.2 Å². The predicted molar refractivity (Wildman–Crippen MR) is 131 cm³/mol. The third-order valence-electron chi connectivity index (χ3n) is 8.29. The summed E-state index contributed by atoms with van der Waals surface area (Å²) >= 11 is 0. The van der Waals surface area contributed by atoms with Gasteiger partial charge in [0.2, 0.25) is 0 Å². The molecule has 5 atom stereocenters. The first-order valence-electron chi connectivity index (χ1n) is 12.9. The molecule has 0 spiro atoms. The van der Waals surface area contributed by atoms with Gasteiger partial charge in [-0.05, 0) is 49.5 Å². The minimum Gasteiger partial charge on any atom is -0.550 e. The van der Waals surface area contributed by atoms with Gasteiger partial charge >= 0.3 is 75.3 Å². The van der Waals surface area contributed by atoms with Crippen LogP contribution >= 0.6 is 0 Å². The van der Waals surface area contributed by atoms with Crippen molar-refractivity contribution < 1.29 is 99.8 Å². The number of carboxylic acid groups (broad SMARTS) is 2. The number of fused-ring (bicyclic) bond motifs is 1. The summed E-state index contributed by atoms with van der Waals surface area (Å²) < 4.78 is 16.3. The van der Waals surface area contributed by atoms with Crippen LogP contribution in [0.4, 0.5) is 0 Å². The second-order valence-corrected chi connectivity index (χ2v) is 10.8. The van der Waals surface area contributed by atoms with Gasteiger partial charge in [0.15, 0.2) is 0 Å². The summed E-state index contributed by atoms with van der Waals surface area (Å²) in [5.74, 6) is -4.38. The number of hydrogen-bond acceptors (Lipinski definition) is 9. The molecule has 3 rings (SSSR count). The van der Waals surface area contributed by atoms with Gasteiger partial charge in [0.05, 0.1) is 24.8 Å². The fourth-order valence-electron chi connectivity index (χ4n) is 6.30. The monoisotopic (exact) mass is 570 g/mol. The molecule has 0 aromatic heterocycles. The van der Waals surface area contributed by atoms with Crippen LogP contribution in [-0.4, -0.2) is 54.3 Å². The van der Waals surface area contributed by atoms with Gasteiger partial charge in [-0.1, -0.05) is 38.2 Å². The molecule has 0 aromatic carbocycles. The van der Waals surface area contributed by atoms with E-state index in [1.807, 2.05) is 13.0 Å². The Morgan fingerprint density at radius 1 is 1.15 bits per heavy atom. The molecular formula is C28H35KO10. The van der Waals surface area contributed by atoms with Crippen LogP contribution in [-0.2, 0) is 38.2 Å². The number of aliphatic carboxylic acids is 2. The molecule has 2 fully saturated rings. The second kappa shape index (κ2) is 14.2. The zero-order valence-electron chi connectivity index (χ0n) is 22.9. The van der Waals surface area contributed by atoms with Crippen molar-refractivity contribution >= 4 is 29.8 Å². The average molecular weight is 571 g/mol. The Hall–Kier alpha value is -1.79. The Labute approximate surface area is 270 Å². The maximum absolute atomic E-state index is 12.5. The number of hydrogen-bond donors (Lipinski definition) is 1. The van der Waals surface area contributed by atoms with Crippen molar-refractivity contribution in [1.29, 1.82) is 0 Å². The molecule has 10 nitrogen and oxygen atoms in total. The van der Waals surface area contributed by atoms with E-state index in [9.17, 15) is 29.1 Å². The van der Waals surface area contributed by atoms with Crippen LogP contribution in [0.25, 0.3) is 0 Å². The molecule has 3 aliphatic rings. The van der Waals surface area contributed by atoms with E-state index in [4.69, 9.17) is 19.3 Å². The van der Waals surface area contributed by atoms with Crippen molar-refractivity contribution in [1.82, 2.24) is 0 Å². The number of rotatable bonds is 11. The molecule has 2 saturated carbocycles. The number of esters is 3. The number of carboxylic acids is 2. The van der Waals surface area contributed by atoms with Crippen molar-refractivity contribution in [3.8, 4) is 0 Å². The van der Waals surface area contributed by atoms with Gasteiger partial charge < -0.3 is 29.2 Å². The topological polar surface area (TPSA) is 156 Å². The zero-order valence-corrected chi connectivity index (χ0v) is 26.0. The number of ether oxygens (including phenoxy) is 3. The second-order valence-electron chi connectivity index (χ2n) is 10.8. The van der Waals surface area contributed by atoms with Crippen LogP contribution in [0.2, 0.25) is 0 Å². The van der Waals surface area contributed by atoms with Crippen LogP contribution in [0.1, 0.15) is 65.2 Å². The Balaban J connectivity index is 0.00000533. The smallest absolute Gasteiger partial charge is 0.550 e. The summed E-state index contributed by atoms with van der Waals surface area (Å²) in [6.45, 7) is 8.44. The standard InChI is InChI=1S/C28H36O10.K/c1-17-4-7-20-27(2,19(17)6-5-18-13-15-36-26(18)35)14-12-21(38-25(34)11-9-23(31)32)28(20,3)16-37-24(33)10-8-22(29)30;/h5-6,13,19-21H,1,4,7-12,14-16H2,2-3H3,(H,29,30)(H,31,32);/q;+1/p-1/b6-5+;/t19-,20+,21-,27+,28?;/m1./s1. The molecular weight excluding hydrogens is 535 g/mol. The van der Waals surface area contributed by atoms with E-state index in [0.717, 1.165) is 5.57 Å². The molecule has 1 heterocycles. The molecule has 208 valence electrons. The molecule has 2 aliphatic carbocycles. The Bertz CT molecular complexity index is 1060. The molecule has 0 bridgehead atoms. The molecule has 1 unspecified atom stereocenters. The van der Waals surface area contributed by atoms with Crippen molar-refractivity contribution in [3.63, 3.8) is 0 Å². The fourth-order valence-corrected chi connectivity index (χ4v) is 6.30. The van der Waals surface area contributed by atoms with E-state index >= 15 is 0 Å². The summed E-state index contributed by atoms with van der Waals surface area (Å²) in [4.78, 5) is 58.5. The SMILES string of the molecule is C=C1CC[C@@H]2C(C)(COC(=O)CCC(=O)[O-])[C@H](OC(=O)CCC(=O)O)CC[C@@]2(C)[C@@H]1/C=C/C1=CCOC1=O.[K+]. The molecule has 39 heavy (non-hydrogen) atoms. The van der Waals surface area contributed by atoms with Gasteiger partial charge in [0.25, 0.3) is 0 Å². The van der Waals surface area contributed by atoms with Gasteiger partial charge in [-0.25, -0.2) is 4.79 Å². The minimum absolute atomic E-state index is 0. The summed E-state index contributed by atoms with van der Waals surface area (Å²) in [6.07, 6.45) is 5.84. The molecule has 0 aromatic rings. The summed E-state index contributed by atoms with van der Waals surface area (Å²) in [5.41, 5.74) is 0.290. The Morgan fingerprint density at radius 2 is 1.85 bits per heavy atom. The molecule has 0 amide bonds. The van der Waals surface area contributed by atoms with E-state index in [1.54, 1.807) is 12.2 Å². The maximum atomic E-state index is 12.5. The van der Waals surface area contributed by atoms with E-state index in [0.29, 0.717) is 31.3 Å². The van der Waals surface area contributed by atoms with Crippen LogP contribution in [0, 0.1) is 22.7 Å². The number of cyclic esters (lactones) is 1. The van der Waals surface area contributed by atoms with E-state index < -0.39 is 41.8 Å². The van der Waals surface area contributed by atoms with Crippen LogP contribution in [0.3, 0.4) is 0 Å². The minimum atomic E-state index is -1.36. The van der Waals surface area contributed by atoms with Crippen molar-refractivity contribution in [2.24, 2.45) is 22.7 Å². The van der Waals surface area contributed by atoms with Gasteiger partial charge in [-0.2, -0.15) is 0 Å². The fraction of sp³-hybridized carbons (Fsp3) is 0.607. The van der Waals surface area contributed by atoms with Gasteiger partial charge in [0.1, 0.15) is 19.3 Å². The molecule has 0 radical (unpaired) electrons. The van der Waals surface area contributed by atoms with Gasteiger partial charge in [-0.3, -0.25) is 14.4 Å². The number of carbonyl (C=O) groups excluding carboxylic acids is 4. The van der Waals surface area contributed by atoms with Crippen LogP contribution in [0.5, 0.6) is 0 Å². The average Bonchev–Trinajstić information content (AvgIpc) is 3.26. The maximum Gasteiger partial charge on any atom is 1.00 e. The molecule has 1 aliphatic heterocycles. The predicted octanol–water partition coefficient (Wildman–Crippen LogP) is -0.731. The third-order valence-corrected chi connectivity index (χ3v) is 8.29. The summed E-state index contributed by atoms with van der Waals surface area (Å²) in [5, 5.41) is 19.7. The molecule has 1 N–H and O–H groups in total. The number of carbonyl (C=O) groups is 5. The van der Waals surface area contributed by atoms with Gasteiger partial charge in [0, 0.05) is 17.3 Å². The largest absolute Gasteiger partial charge is 1.00 e. The molecule has 11 heteroatoms. The summed E-state index contributed by atoms with van der Waals surface area (Å²) in [7, 11) is 0. The van der Waals surface area contributed by atoms with E-state index in [1.165, 1.54) is 0 Å². The molecule has 0 saturated heterocycles. The third kappa shape index (κ3) is 8.13. The zero-order chi connectivity index (χ0) is 28.1. The van der Waals surface area contributed by atoms with E-state index in [2.05, 4.69) is 13.5 Å². The first kappa shape index (κ1) is 33.4. The van der Waals surface area contributed by atoms with Crippen molar-refractivity contribution in [2.45, 2.75) is 71.3 Å². The van der Waals surface area contributed by atoms with Crippen LogP contribution < -0.4 is 56.5 Å². The Kier molecular flexibility index (Phi) is 12.2. The van der Waals surface area contributed by atoms with Crippen LogP contribution in [0.15, 0.2) is 36.0 Å².